The summed E-state index contributed by atoms with van der Waals surface area (Å²) in [6.07, 6.45) is 0.344. The number of methoxy groups -OCH3 is 1. The van der Waals surface area contributed by atoms with Gasteiger partial charge in [-0.3, -0.25) is 9.59 Å². The maximum absolute atomic E-state index is 12.0. The first-order chi connectivity index (χ1) is 9.97. The number of rotatable bonds is 6. The standard InChI is InChI=1S/C16H21NO4.CH4/c1-5-15(18)21-10-13-7-6-8-14(9-13)17-16(19)11(2)12(3)20-4;/h6-9H,5,10H2,1-4H3,(H,17,19);1H4/b12-11+;. The minimum atomic E-state index is -0.251. The number of esters is 1. The van der Waals surface area contributed by atoms with Crippen LogP contribution in [0.4, 0.5) is 5.69 Å². The molecule has 0 atom stereocenters. The van der Waals surface area contributed by atoms with Gasteiger partial charge in [0, 0.05) is 12.1 Å². The maximum Gasteiger partial charge on any atom is 0.305 e. The summed E-state index contributed by atoms with van der Waals surface area (Å²) in [6, 6.07) is 7.18. The fraction of sp³-hybridized carbons (Fsp3) is 0.412. The van der Waals surface area contributed by atoms with Crippen molar-refractivity contribution in [1.29, 1.82) is 0 Å². The third-order valence-electron chi connectivity index (χ3n) is 3.05. The molecular weight excluding hydrogens is 282 g/mol. The van der Waals surface area contributed by atoms with Gasteiger partial charge in [0.05, 0.1) is 12.7 Å². The van der Waals surface area contributed by atoms with Gasteiger partial charge in [-0.25, -0.2) is 0 Å². The Bertz CT molecular complexity index is 549. The van der Waals surface area contributed by atoms with E-state index in [9.17, 15) is 9.59 Å². The molecule has 0 spiro atoms. The molecule has 0 aliphatic rings. The lowest BCUT2D eigenvalue weighted by Crippen LogP contribution is -2.14. The first-order valence-corrected chi connectivity index (χ1v) is 6.75. The van der Waals surface area contributed by atoms with E-state index in [4.69, 9.17) is 9.47 Å². The molecule has 0 aliphatic carbocycles. The molecule has 0 saturated heterocycles. The van der Waals surface area contributed by atoms with Crippen LogP contribution in [-0.2, 0) is 25.7 Å². The van der Waals surface area contributed by atoms with E-state index in [2.05, 4.69) is 5.32 Å². The van der Waals surface area contributed by atoms with Crippen LogP contribution in [-0.4, -0.2) is 19.0 Å². The summed E-state index contributed by atoms with van der Waals surface area (Å²) in [7, 11) is 1.52. The summed E-state index contributed by atoms with van der Waals surface area (Å²) < 4.78 is 10.1. The summed E-state index contributed by atoms with van der Waals surface area (Å²) in [5.74, 6) is 0.0940. The highest BCUT2D eigenvalue weighted by Crippen LogP contribution is 2.14. The lowest BCUT2D eigenvalue weighted by Gasteiger charge is -2.10. The minimum absolute atomic E-state index is 0. The molecular formula is C17H25NO4. The fourth-order valence-corrected chi connectivity index (χ4v) is 1.54. The molecule has 0 aromatic heterocycles. The Hall–Kier alpha value is -2.30. The number of benzene rings is 1. The molecule has 0 saturated carbocycles. The van der Waals surface area contributed by atoms with Crippen molar-refractivity contribution in [3.63, 3.8) is 0 Å². The second kappa shape index (κ2) is 9.60. The van der Waals surface area contributed by atoms with Crippen LogP contribution in [0.3, 0.4) is 0 Å². The van der Waals surface area contributed by atoms with Gasteiger partial charge in [-0.1, -0.05) is 26.5 Å². The molecule has 1 aromatic rings. The van der Waals surface area contributed by atoms with Crippen LogP contribution in [0.25, 0.3) is 0 Å². The highest BCUT2D eigenvalue weighted by molar-refractivity contribution is 6.03. The topological polar surface area (TPSA) is 64.6 Å². The lowest BCUT2D eigenvalue weighted by molar-refractivity contribution is -0.144. The second-order valence-corrected chi connectivity index (χ2v) is 4.55. The summed E-state index contributed by atoms with van der Waals surface area (Å²) in [4.78, 5) is 23.1. The lowest BCUT2D eigenvalue weighted by atomic mass is 10.2. The van der Waals surface area contributed by atoms with E-state index in [-0.39, 0.29) is 25.9 Å². The molecule has 1 N–H and O–H groups in total. The molecule has 5 nitrogen and oxygen atoms in total. The van der Waals surface area contributed by atoms with Crippen molar-refractivity contribution in [2.75, 3.05) is 12.4 Å². The van der Waals surface area contributed by atoms with Crippen molar-refractivity contribution in [2.45, 2.75) is 41.2 Å². The molecule has 0 fully saturated rings. The molecule has 5 heteroatoms. The molecule has 0 bridgehead atoms. The predicted octanol–water partition coefficient (Wildman–Crippen LogP) is 3.65. The number of carbonyl (C=O) groups is 2. The van der Waals surface area contributed by atoms with E-state index in [1.807, 2.05) is 6.07 Å². The molecule has 22 heavy (non-hydrogen) atoms. The first-order valence-electron chi connectivity index (χ1n) is 6.75. The van der Waals surface area contributed by atoms with Crippen molar-refractivity contribution in [1.82, 2.24) is 0 Å². The van der Waals surface area contributed by atoms with Crippen LogP contribution in [0.5, 0.6) is 0 Å². The fourth-order valence-electron chi connectivity index (χ4n) is 1.54. The van der Waals surface area contributed by atoms with Gasteiger partial charge in [-0.05, 0) is 31.5 Å². The molecule has 1 aromatic carbocycles. The number of nitrogens with one attached hydrogen (secondary N) is 1. The van der Waals surface area contributed by atoms with Crippen molar-refractivity contribution >= 4 is 17.6 Å². The first kappa shape index (κ1) is 19.7. The number of allylic oxidation sites excluding steroid dienone is 1. The SMILES string of the molecule is C.CCC(=O)OCc1cccc(NC(=O)/C(C)=C(\C)OC)c1. The van der Waals surface area contributed by atoms with E-state index in [1.165, 1.54) is 7.11 Å². The number of hydrogen-bond donors (Lipinski definition) is 1. The van der Waals surface area contributed by atoms with Gasteiger partial charge in [0.15, 0.2) is 0 Å². The molecule has 122 valence electrons. The Kier molecular flexibility index (Phi) is 8.60. The highest BCUT2D eigenvalue weighted by Gasteiger charge is 2.09. The average molecular weight is 307 g/mol. The van der Waals surface area contributed by atoms with E-state index in [1.54, 1.807) is 39.0 Å². The molecule has 1 amide bonds. The number of ether oxygens (including phenoxy) is 2. The molecule has 0 heterocycles. The largest absolute Gasteiger partial charge is 0.501 e. The smallest absolute Gasteiger partial charge is 0.305 e. The van der Waals surface area contributed by atoms with Gasteiger partial charge < -0.3 is 14.8 Å². The molecule has 0 aliphatic heterocycles. The van der Waals surface area contributed by atoms with E-state index in [0.29, 0.717) is 23.4 Å². The van der Waals surface area contributed by atoms with Crippen molar-refractivity contribution in [3.05, 3.63) is 41.2 Å². The zero-order chi connectivity index (χ0) is 15.8. The number of amides is 1. The van der Waals surface area contributed by atoms with Gasteiger partial charge in [0.25, 0.3) is 5.91 Å². The number of hydrogen-bond acceptors (Lipinski definition) is 4. The average Bonchev–Trinajstić information content (AvgIpc) is 2.51. The summed E-state index contributed by atoms with van der Waals surface area (Å²) in [5.41, 5.74) is 1.98. The summed E-state index contributed by atoms with van der Waals surface area (Å²) in [5, 5.41) is 2.78. The molecule has 1 rings (SSSR count). The quantitative estimate of drug-likeness (QED) is 0.495. The third kappa shape index (κ3) is 5.99. The van der Waals surface area contributed by atoms with Crippen molar-refractivity contribution < 1.29 is 19.1 Å². The van der Waals surface area contributed by atoms with Crippen LogP contribution >= 0.6 is 0 Å². The van der Waals surface area contributed by atoms with Gasteiger partial charge in [0.2, 0.25) is 0 Å². The van der Waals surface area contributed by atoms with Gasteiger partial charge >= 0.3 is 5.97 Å². The number of anilines is 1. The Balaban J connectivity index is 0.00000441. The Morgan fingerprint density at radius 2 is 1.91 bits per heavy atom. The van der Waals surface area contributed by atoms with Crippen molar-refractivity contribution in [2.24, 2.45) is 0 Å². The van der Waals surface area contributed by atoms with Crippen LogP contribution < -0.4 is 5.32 Å². The normalized spacial score (nSPS) is 10.9. The highest BCUT2D eigenvalue weighted by atomic mass is 16.5. The minimum Gasteiger partial charge on any atom is -0.501 e. The zero-order valence-corrected chi connectivity index (χ0v) is 12.9. The van der Waals surface area contributed by atoms with Crippen LogP contribution in [0.1, 0.15) is 40.2 Å². The van der Waals surface area contributed by atoms with Crippen LogP contribution in [0.15, 0.2) is 35.6 Å². The Morgan fingerprint density at radius 1 is 1.23 bits per heavy atom. The molecule has 0 radical (unpaired) electrons. The second-order valence-electron chi connectivity index (χ2n) is 4.55. The Morgan fingerprint density at radius 3 is 2.50 bits per heavy atom. The summed E-state index contributed by atoms with van der Waals surface area (Å²) in [6.45, 7) is 5.37. The van der Waals surface area contributed by atoms with Crippen LogP contribution in [0.2, 0.25) is 0 Å². The maximum atomic E-state index is 12.0. The van der Waals surface area contributed by atoms with Crippen LogP contribution in [0, 0.1) is 0 Å². The van der Waals surface area contributed by atoms with Crippen molar-refractivity contribution in [3.8, 4) is 0 Å². The Labute approximate surface area is 132 Å². The zero-order valence-electron chi connectivity index (χ0n) is 12.9. The van der Waals surface area contributed by atoms with Gasteiger partial charge in [-0.2, -0.15) is 0 Å². The monoisotopic (exact) mass is 307 g/mol. The summed E-state index contributed by atoms with van der Waals surface area (Å²) >= 11 is 0. The molecule has 0 unspecified atom stereocenters. The number of carbonyl (C=O) groups excluding carboxylic acids is 2. The van der Waals surface area contributed by atoms with E-state index < -0.39 is 0 Å². The van der Waals surface area contributed by atoms with E-state index >= 15 is 0 Å². The third-order valence-corrected chi connectivity index (χ3v) is 3.05. The van der Waals surface area contributed by atoms with Gasteiger partial charge in [-0.15, -0.1) is 0 Å². The van der Waals surface area contributed by atoms with E-state index in [0.717, 1.165) is 5.56 Å². The predicted molar refractivity (Wildman–Crippen MR) is 87.3 cm³/mol. The van der Waals surface area contributed by atoms with Gasteiger partial charge in [0.1, 0.15) is 12.4 Å².